The second-order valence-corrected chi connectivity index (χ2v) is 5.84. The highest BCUT2D eigenvalue weighted by Gasteiger charge is 2.24. The highest BCUT2D eigenvalue weighted by atomic mass is 35.5. The van der Waals surface area contributed by atoms with Crippen LogP contribution in [0.3, 0.4) is 0 Å². The summed E-state index contributed by atoms with van der Waals surface area (Å²) in [5.74, 6) is -0.559. The molecule has 0 aliphatic carbocycles. The number of amides is 1. The summed E-state index contributed by atoms with van der Waals surface area (Å²) in [6.07, 6.45) is 5.51. The van der Waals surface area contributed by atoms with Crippen LogP contribution in [0.5, 0.6) is 0 Å². The third-order valence-corrected chi connectivity index (χ3v) is 4.01. The molecule has 0 atom stereocenters. The Labute approximate surface area is 157 Å². The fourth-order valence-corrected chi connectivity index (χ4v) is 2.70. The first kappa shape index (κ1) is 18.8. The largest absolute Gasteiger partial charge is 0.384 e. The molecule has 1 amide bonds. The fraction of sp³-hybridized carbons (Fsp3) is 0.0526. The SMILES string of the molecule is Cl.N=C(N)/C(=C\c1ccc(Cl)cc1)C(=O)N1CC=Cc2ccccc21. The summed E-state index contributed by atoms with van der Waals surface area (Å²) in [4.78, 5) is 14.6. The van der Waals surface area contributed by atoms with Gasteiger partial charge in [-0.2, -0.15) is 0 Å². The molecule has 0 saturated heterocycles. The van der Waals surface area contributed by atoms with Gasteiger partial charge in [-0.1, -0.05) is 54.1 Å². The molecule has 3 rings (SSSR count). The van der Waals surface area contributed by atoms with Gasteiger partial charge in [-0.05, 0) is 35.4 Å². The van der Waals surface area contributed by atoms with Gasteiger partial charge < -0.3 is 10.6 Å². The zero-order valence-corrected chi connectivity index (χ0v) is 14.8. The van der Waals surface area contributed by atoms with E-state index in [1.54, 1.807) is 35.2 Å². The molecular weight excluding hydrogens is 357 g/mol. The molecule has 1 aliphatic heterocycles. The number of hydrogen-bond donors (Lipinski definition) is 2. The number of nitrogens with one attached hydrogen (secondary N) is 1. The van der Waals surface area contributed by atoms with Gasteiger partial charge in [0.2, 0.25) is 0 Å². The molecule has 1 heterocycles. The average Bonchev–Trinajstić information content (AvgIpc) is 2.60. The molecule has 6 heteroatoms. The Hall–Kier alpha value is -2.56. The third-order valence-electron chi connectivity index (χ3n) is 3.76. The highest BCUT2D eigenvalue weighted by molar-refractivity contribution is 6.30. The summed E-state index contributed by atoms with van der Waals surface area (Å²) in [6.45, 7) is 0.446. The number of carbonyl (C=O) groups excluding carboxylic acids is 1. The van der Waals surface area contributed by atoms with Crippen molar-refractivity contribution in [3.05, 3.63) is 76.3 Å². The number of nitrogens with zero attached hydrogens (tertiary/aromatic N) is 1. The summed E-state index contributed by atoms with van der Waals surface area (Å²) in [7, 11) is 0. The van der Waals surface area contributed by atoms with E-state index < -0.39 is 0 Å². The first-order valence-electron chi connectivity index (χ1n) is 7.45. The zero-order valence-electron chi connectivity index (χ0n) is 13.3. The molecule has 0 aromatic heterocycles. The molecule has 1 aliphatic rings. The lowest BCUT2D eigenvalue weighted by Crippen LogP contribution is -2.37. The average molecular weight is 374 g/mol. The summed E-state index contributed by atoms with van der Waals surface area (Å²) < 4.78 is 0. The van der Waals surface area contributed by atoms with Crippen LogP contribution in [-0.2, 0) is 4.79 Å². The molecule has 2 aromatic rings. The van der Waals surface area contributed by atoms with Gasteiger partial charge in [0.15, 0.2) is 0 Å². The van der Waals surface area contributed by atoms with E-state index in [9.17, 15) is 4.79 Å². The second kappa shape index (κ2) is 8.01. The molecule has 3 N–H and O–H groups in total. The van der Waals surface area contributed by atoms with Gasteiger partial charge >= 0.3 is 0 Å². The van der Waals surface area contributed by atoms with Gasteiger partial charge in [-0.3, -0.25) is 10.2 Å². The van der Waals surface area contributed by atoms with E-state index in [0.717, 1.165) is 16.8 Å². The van der Waals surface area contributed by atoms with E-state index in [1.807, 2.05) is 36.4 Å². The zero-order chi connectivity index (χ0) is 17.1. The number of fused-ring (bicyclic) bond motifs is 1. The number of hydrogen-bond acceptors (Lipinski definition) is 2. The molecule has 0 spiro atoms. The minimum Gasteiger partial charge on any atom is -0.384 e. The van der Waals surface area contributed by atoms with E-state index in [2.05, 4.69) is 0 Å². The lowest BCUT2D eigenvalue weighted by Gasteiger charge is -2.27. The summed E-state index contributed by atoms with van der Waals surface area (Å²) in [6, 6.07) is 14.7. The van der Waals surface area contributed by atoms with Gasteiger partial charge in [0.1, 0.15) is 5.84 Å². The van der Waals surface area contributed by atoms with E-state index in [0.29, 0.717) is 11.6 Å². The Balaban J connectivity index is 0.00000225. The van der Waals surface area contributed by atoms with Crippen molar-refractivity contribution in [1.29, 1.82) is 5.41 Å². The van der Waals surface area contributed by atoms with E-state index in [1.165, 1.54) is 0 Å². The number of amidine groups is 1. The number of anilines is 1. The van der Waals surface area contributed by atoms with Crippen molar-refractivity contribution in [2.45, 2.75) is 0 Å². The lowest BCUT2D eigenvalue weighted by molar-refractivity contribution is -0.114. The van der Waals surface area contributed by atoms with Crippen LogP contribution in [0.15, 0.2) is 60.2 Å². The molecular formula is C19H17Cl2N3O. The van der Waals surface area contributed by atoms with Gasteiger partial charge in [0.25, 0.3) is 5.91 Å². The molecule has 0 fully saturated rings. The third kappa shape index (κ3) is 4.10. The normalized spacial score (nSPS) is 13.0. The van der Waals surface area contributed by atoms with Crippen molar-refractivity contribution in [1.82, 2.24) is 0 Å². The van der Waals surface area contributed by atoms with Gasteiger partial charge in [-0.25, -0.2) is 0 Å². The van der Waals surface area contributed by atoms with E-state index >= 15 is 0 Å². The summed E-state index contributed by atoms with van der Waals surface area (Å²) >= 11 is 5.88. The van der Waals surface area contributed by atoms with Crippen LogP contribution < -0.4 is 10.6 Å². The maximum absolute atomic E-state index is 13.0. The van der Waals surface area contributed by atoms with Crippen molar-refractivity contribution < 1.29 is 4.79 Å². The number of nitrogens with two attached hydrogens (primary N) is 1. The van der Waals surface area contributed by atoms with Crippen LogP contribution >= 0.6 is 24.0 Å². The standard InChI is InChI=1S/C19H16ClN3O.ClH/c20-15-9-7-13(8-10-15)12-16(18(21)22)19(24)23-11-3-5-14-4-1-2-6-17(14)23;/h1-10,12H,11H2,(H3,21,22);1H/b16-12+;. The van der Waals surface area contributed by atoms with Crippen molar-refractivity contribution in [2.24, 2.45) is 5.73 Å². The van der Waals surface area contributed by atoms with E-state index in [-0.39, 0.29) is 29.7 Å². The van der Waals surface area contributed by atoms with Gasteiger partial charge in [0.05, 0.1) is 11.3 Å². The topological polar surface area (TPSA) is 70.2 Å². The van der Waals surface area contributed by atoms with Crippen LogP contribution in [0.25, 0.3) is 12.2 Å². The van der Waals surface area contributed by atoms with Crippen molar-refractivity contribution >= 4 is 53.6 Å². The van der Waals surface area contributed by atoms with Gasteiger partial charge in [0, 0.05) is 11.6 Å². The molecule has 0 bridgehead atoms. The predicted molar refractivity (Wildman–Crippen MR) is 106 cm³/mol. The summed E-state index contributed by atoms with van der Waals surface area (Å²) in [5, 5.41) is 8.40. The monoisotopic (exact) mass is 373 g/mol. The Morgan fingerprint density at radius 1 is 1.16 bits per heavy atom. The number of para-hydroxylation sites is 1. The lowest BCUT2D eigenvalue weighted by atomic mass is 10.0. The summed E-state index contributed by atoms with van der Waals surface area (Å²) in [5.41, 5.74) is 8.36. The predicted octanol–water partition coefficient (Wildman–Crippen LogP) is 4.14. The van der Waals surface area contributed by atoms with Crippen LogP contribution in [0, 0.1) is 5.41 Å². The minimum absolute atomic E-state index is 0. The quantitative estimate of drug-likeness (QED) is 0.482. The van der Waals surface area contributed by atoms with Crippen LogP contribution in [0.4, 0.5) is 5.69 Å². The maximum atomic E-state index is 13.0. The molecule has 128 valence electrons. The molecule has 4 nitrogen and oxygen atoms in total. The minimum atomic E-state index is -0.297. The van der Waals surface area contributed by atoms with Gasteiger partial charge in [-0.15, -0.1) is 12.4 Å². The number of benzene rings is 2. The maximum Gasteiger partial charge on any atom is 0.262 e. The second-order valence-electron chi connectivity index (χ2n) is 5.40. The molecule has 0 radical (unpaired) electrons. The first-order valence-corrected chi connectivity index (χ1v) is 7.83. The molecule has 25 heavy (non-hydrogen) atoms. The van der Waals surface area contributed by atoms with Crippen molar-refractivity contribution in [3.8, 4) is 0 Å². The van der Waals surface area contributed by atoms with E-state index in [4.69, 9.17) is 22.7 Å². The van der Waals surface area contributed by atoms with Crippen LogP contribution in [0.1, 0.15) is 11.1 Å². The number of halogens is 2. The Morgan fingerprint density at radius 2 is 1.84 bits per heavy atom. The van der Waals surface area contributed by atoms with Crippen LogP contribution in [0.2, 0.25) is 5.02 Å². The number of carbonyl (C=O) groups is 1. The van der Waals surface area contributed by atoms with Crippen molar-refractivity contribution in [2.75, 3.05) is 11.4 Å². The molecule has 2 aromatic carbocycles. The Kier molecular flexibility index (Phi) is 6.02. The highest BCUT2D eigenvalue weighted by Crippen LogP contribution is 2.27. The smallest absolute Gasteiger partial charge is 0.262 e. The number of rotatable bonds is 3. The molecule has 0 unspecified atom stereocenters. The Bertz CT molecular complexity index is 857. The molecule has 0 saturated carbocycles. The van der Waals surface area contributed by atoms with Crippen molar-refractivity contribution in [3.63, 3.8) is 0 Å². The van der Waals surface area contributed by atoms with Crippen LogP contribution in [-0.4, -0.2) is 18.3 Å². The Morgan fingerprint density at radius 3 is 2.52 bits per heavy atom. The fourth-order valence-electron chi connectivity index (χ4n) is 2.58. The first-order chi connectivity index (χ1) is 11.6.